The van der Waals surface area contributed by atoms with Crippen molar-refractivity contribution in [2.75, 3.05) is 78.5 Å². The number of aromatic nitrogens is 6. The molecule has 5 aromatic rings. The van der Waals surface area contributed by atoms with Crippen molar-refractivity contribution in [3.8, 4) is 0 Å². The molecular formula is C43H58F3N17O9. The number of aryl methyl sites for hydroxylation is 1. The molecular weight excluding hydrogens is 956 g/mol. The zero-order valence-corrected chi connectivity index (χ0v) is 39.8. The van der Waals surface area contributed by atoms with Gasteiger partial charge in [0.2, 0.25) is 24.6 Å². The molecule has 0 atom stereocenters. The van der Waals surface area contributed by atoms with Gasteiger partial charge in [-0.25, -0.2) is 28.7 Å². The molecule has 2 aromatic carbocycles. The van der Waals surface area contributed by atoms with E-state index in [1.165, 1.54) is 6.20 Å². The molecule has 0 radical (unpaired) electrons. The van der Waals surface area contributed by atoms with E-state index in [4.69, 9.17) is 21.4 Å². The summed E-state index contributed by atoms with van der Waals surface area (Å²) in [6.07, 6.45) is 6.36. The minimum Gasteiger partial charge on any atom is -0.483 e. The molecule has 5 rings (SSSR count). The largest absolute Gasteiger partial charge is 0.483 e. The minimum absolute atomic E-state index is 0.000997. The van der Waals surface area contributed by atoms with Crippen LogP contribution < -0.4 is 59.6 Å². The molecule has 0 aliphatic heterocycles. The van der Waals surface area contributed by atoms with Crippen LogP contribution in [0.5, 0.6) is 0 Å². The lowest BCUT2D eigenvalue weighted by atomic mass is 10.2. The summed E-state index contributed by atoms with van der Waals surface area (Å²) in [5.74, 6) is -4.43. The van der Waals surface area contributed by atoms with E-state index >= 15 is 0 Å². The third-order valence-electron chi connectivity index (χ3n) is 9.10. The van der Waals surface area contributed by atoms with Crippen LogP contribution in [0.2, 0.25) is 0 Å². The first-order chi connectivity index (χ1) is 34.5. The fraction of sp³-hybridized carbons (Fsp3) is 0.372. The monoisotopic (exact) mass is 1010 g/mol. The number of H-pyrrole nitrogens is 1. The summed E-state index contributed by atoms with van der Waals surface area (Å²) in [5, 5.41) is 39.5. The van der Waals surface area contributed by atoms with Crippen LogP contribution in [-0.2, 0) is 20.9 Å². The van der Waals surface area contributed by atoms with Crippen LogP contribution in [0.15, 0.2) is 35.3 Å². The molecule has 0 saturated heterocycles. The van der Waals surface area contributed by atoms with Crippen LogP contribution in [0, 0.1) is 34.5 Å². The highest BCUT2D eigenvalue weighted by Crippen LogP contribution is 2.36. The summed E-state index contributed by atoms with van der Waals surface area (Å²) in [5.41, 5.74) is 9.99. The van der Waals surface area contributed by atoms with E-state index in [1.807, 2.05) is 26.0 Å². The summed E-state index contributed by atoms with van der Waals surface area (Å²) >= 11 is 0. The van der Waals surface area contributed by atoms with E-state index in [0.29, 0.717) is 68.4 Å². The van der Waals surface area contributed by atoms with Crippen molar-refractivity contribution in [1.29, 1.82) is 0 Å². The second-order valence-electron chi connectivity index (χ2n) is 14.5. The van der Waals surface area contributed by atoms with E-state index in [9.17, 15) is 47.3 Å². The highest BCUT2D eigenvalue weighted by molar-refractivity contribution is 5.97. The molecule has 0 spiro atoms. The molecule has 390 valence electrons. The summed E-state index contributed by atoms with van der Waals surface area (Å²) in [6.45, 7) is 10.9. The maximum absolute atomic E-state index is 13.6. The Morgan fingerprint density at radius 3 is 1.97 bits per heavy atom. The number of carboxylic acid groups (broad SMARTS) is 1. The van der Waals surface area contributed by atoms with E-state index in [1.54, 1.807) is 12.1 Å². The molecule has 0 aliphatic rings. The van der Waals surface area contributed by atoms with Crippen LogP contribution in [-0.4, -0.2) is 117 Å². The third-order valence-corrected chi connectivity index (χ3v) is 9.10. The van der Waals surface area contributed by atoms with Crippen molar-refractivity contribution in [3.63, 3.8) is 0 Å². The van der Waals surface area contributed by atoms with Gasteiger partial charge in [-0.2, -0.15) is 9.37 Å². The number of benzene rings is 2. The second kappa shape index (κ2) is 32.0. The smallest absolute Gasteiger partial charge is 0.333 e. The van der Waals surface area contributed by atoms with Crippen molar-refractivity contribution in [1.82, 2.24) is 51.2 Å². The third kappa shape index (κ3) is 18.9. The normalized spacial score (nSPS) is 10.0. The Kier molecular flexibility index (Phi) is 26.3. The molecule has 26 nitrogen and oxygen atoms in total. The number of nitrogens with one attached hydrogen (secondary N) is 9. The van der Waals surface area contributed by atoms with Gasteiger partial charge in [0, 0.05) is 57.1 Å². The lowest BCUT2D eigenvalue weighted by Crippen LogP contribution is -2.32. The predicted octanol–water partition coefficient (Wildman–Crippen LogP) is 2.79. The predicted molar refractivity (Wildman–Crippen MR) is 263 cm³/mol. The summed E-state index contributed by atoms with van der Waals surface area (Å²) in [7, 11) is 0. The summed E-state index contributed by atoms with van der Waals surface area (Å²) in [6, 6.07) is 7.15. The van der Waals surface area contributed by atoms with Crippen molar-refractivity contribution in [3.05, 3.63) is 91.0 Å². The molecule has 29 heteroatoms. The van der Waals surface area contributed by atoms with Crippen molar-refractivity contribution >= 4 is 82.6 Å². The van der Waals surface area contributed by atoms with Gasteiger partial charge in [0.1, 0.15) is 11.5 Å². The molecule has 0 aliphatic carbocycles. The number of unbranched alkanes of at least 4 members (excludes halogenated alkanes) is 1. The minimum atomic E-state index is -1.85. The zero-order chi connectivity index (χ0) is 53.6. The Hall–Kier alpha value is -8.92. The van der Waals surface area contributed by atoms with Gasteiger partial charge >= 0.3 is 5.69 Å². The number of halogens is 3. The Morgan fingerprint density at radius 1 is 0.764 bits per heavy atom. The van der Waals surface area contributed by atoms with E-state index in [2.05, 4.69) is 86.3 Å². The van der Waals surface area contributed by atoms with Crippen molar-refractivity contribution in [2.24, 2.45) is 0 Å². The van der Waals surface area contributed by atoms with Gasteiger partial charge in [-0.05, 0) is 50.5 Å². The molecule has 4 amide bonds. The lowest BCUT2D eigenvalue weighted by molar-refractivity contribution is -0.387. The molecule has 0 fully saturated rings. The maximum atomic E-state index is 13.6. The lowest BCUT2D eigenvalue weighted by Gasteiger charge is -2.14. The van der Waals surface area contributed by atoms with Gasteiger partial charge < -0.3 is 59.1 Å². The fourth-order valence-corrected chi connectivity index (χ4v) is 5.63. The van der Waals surface area contributed by atoms with Crippen LogP contribution in [0.25, 0.3) is 11.2 Å². The number of carbonyl (C=O) groups excluding carboxylic acids is 4. The van der Waals surface area contributed by atoms with E-state index < -0.39 is 45.0 Å². The average molecular weight is 1010 g/mol. The van der Waals surface area contributed by atoms with Gasteiger partial charge in [0.05, 0.1) is 29.1 Å². The van der Waals surface area contributed by atoms with E-state index in [0.717, 1.165) is 43.6 Å². The number of carbonyl (C=O) groups is 5. The van der Waals surface area contributed by atoms with Crippen molar-refractivity contribution < 1.29 is 47.2 Å². The number of nitro benzene ring substituents is 1. The van der Waals surface area contributed by atoms with Crippen LogP contribution in [0.1, 0.15) is 78.7 Å². The molecule has 0 bridgehead atoms. The molecule has 0 saturated carbocycles. The number of anilines is 6. The molecule has 3 aromatic heterocycles. The van der Waals surface area contributed by atoms with Crippen molar-refractivity contribution in [2.45, 2.75) is 59.9 Å². The number of amides is 4. The zero-order valence-electron chi connectivity index (χ0n) is 39.8. The summed E-state index contributed by atoms with van der Waals surface area (Å²) < 4.78 is 40.0. The van der Waals surface area contributed by atoms with Gasteiger partial charge in [0.15, 0.2) is 40.0 Å². The standard InChI is InChI=1S/C18H21N7O2.C15H26N6O2.C9H9F3N4O3.CH2O2/c1-2-3-8-20-16(26)11-4-6-12(7-5-11)21-9-13-10-22-15-14(23-13)17(27)25-18(19)24-15;1-4-6-17-13-11(3)20-14(18-7-5-2)12(21-13)15(23)19-9-8-16-10-22;10-4-5(11)9(16(18)19)8(6(12)7(4)13)15-2-1-14-3-17;2-1-3/h4-7,10,21H,2-3,8-9H2,1H3,(H,20,26)(H3,19,22,24,25,27);10H,4-9H2,1-3H3,(H,16,22)(H,17,21)(H,18,20)(H,19,23);3,15H,1-2,13H2,(H,14,17);1H,(H,2,3). The quantitative estimate of drug-likeness (QED) is 0.0106. The van der Waals surface area contributed by atoms with E-state index in [-0.39, 0.29) is 54.2 Å². The second-order valence-corrected chi connectivity index (χ2v) is 14.5. The molecule has 14 N–H and O–H groups in total. The maximum Gasteiger partial charge on any atom is 0.333 e. The van der Waals surface area contributed by atoms with Gasteiger partial charge in [-0.15, -0.1) is 0 Å². The number of nitro groups is 1. The number of hydrogen-bond acceptors (Lipinski definition) is 19. The van der Waals surface area contributed by atoms with Gasteiger partial charge in [0.25, 0.3) is 23.8 Å². The highest BCUT2D eigenvalue weighted by Gasteiger charge is 2.31. The topological polar surface area (TPSA) is 394 Å². The Labute approximate surface area is 409 Å². The number of fused-ring (bicyclic) bond motifs is 1. The molecule has 3 heterocycles. The number of hydrogen-bond donors (Lipinski definition) is 12. The first kappa shape index (κ1) is 59.2. The Bertz CT molecular complexity index is 2650. The first-order valence-electron chi connectivity index (χ1n) is 22.1. The number of aromatic amines is 1. The number of nitrogen functional groups attached to an aromatic ring is 2. The fourth-order valence-electron chi connectivity index (χ4n) is 5.63. The van der Waals surface area contributed by atoms with Gasteiger partial charge in [-0.1, -0.05) is 27.2 Å². The highest BCUT2D eigenvalue weighted by atomic mass is 19.2. The summed E-state index contributed by atoms with van der Waals surface area (Å²) in [4.78, 5) is 97.7. The molecule has 72 heavy (non-hydrogen) atoms. The SMILES string of the molecule is CCCCNC(=O)c1ccc(NCc2cnc3nc(N)[nH]c(=O)c3n2)cc1.CCCNc1nc(C(=O)NCCNC=O)c(NCCC)nc1C.Nc1c(F)c(F)c([N+](=O)[O-])c(NCCNC=O)c1F.O=CO. The van der Waals surface area contributed by atoms with Crippen LogP contribution in [0.3, 0.4) is 0 Å². The number of nitrogens with two attached hydrogens (primary N) is 2. The Balaban J connectivity index is 0.000000365. The van der Waals surface area contributed by atoms with Crippen LogP contribution in [0.4, 0.5) is 53.5 Å². The van der Waals surface area contributed by atoms with Gasteiger partial charge in [-0.3, -0.25) is 43.9 Å². The van der Waals surface area contributed by atoms with Crippen LogP contribution >= 0.6 is 0 Å². The number of rotatable bonds is 24. The molecule has 0 unspecified atom stereocenters. The Morgan fingerprint density at radius 2 is 1.38 bits per heavy atom. The average Bonchev–Trinajstić information content (AvgIpc) is 3.36. The first-order valence-corrected chi connectivity index (χ1v) is 22.1. The number of nitrogens with zero attached hydrogens (tertiary/aromatic N) is 6.